The molecule has 0 heterocycles. The fourth-order valence-electron chi connectivity index (χ4n) is 2.45. The second kappa shape index (κ2) is 12.7. The number of aryl methyl sites for hydroxylation is 1. The molecular weight excluding hydrogens is 378 g/mol. The monoisotopic (exact) mass is 407 g/mol. The molecule has 0 aliphatic carbocycles. The van der Waals surface area contributed by atoms with E-state index in [0.29, 0.717) is 4.32 Å². The zero-order valence-corrected chi connectivity index (χ0v) is 16.8. The summed E-state index contributed by atoms with van der Waals surface area (Å²) in [6, 6.07) is 6.58. The zero-order valence-electron chi connectivity index (χ0n) is 13.2. The first-order chi connectivity index (χ1) is 9.69. The van der Waals surface area contributed by atoms with Crippen LogP contribution in [0, 0.1) is 0 Å². The Labute approximate surface area is 154 Å². The fourth-order valence-corrected chi connectivity index (χ4v) is 3.44. The summed E-state index contributed by atoms with van der Waals surface area (Å²) in [5.74, 6) is 0. The first kappa shape index (κ1) is 21.1. The predicted molar refractivity (Wildman–Crippen MR) is 95.5 cm³/mol. The molecule has 1 aromatic rings. The molecule has 0 saturated heterocycles. The van der Waals surface area contributed by atoms with E-state index in [1.165, 1.54) is 61.0 Å². The van der Waals surface area contributed by atoms with Gasteiger partial charge in [-0.05, 0) is 42.9 Å². The number of hydrogen-bond donors (Lipinski definition) is 1. The van der Waals surface area contributed by atoms with Crippen LogP contribution in [0.4, 0.5) is 0 Å². The fraction of sp³-hybridized carbons (Fsp3) is 0.588. The van der Waals surface area contributed by atoms with Crippen molar-refractivity contribution in [3.63, 3.8) is 0 Å². The summed E-state index contributed by atoms with van der Waals surface area (Å²) < 4.78 is 0.521. The largest absolute Gasteiger partial charge is 0.384 e. The van der Waals surface area contributed by atoms with Crippen LogP contribution >= 0.6 is 24.0 Å². The number of nitrogens with two attached hydrogens (primary N) is 1. The number of hydrogen-bond acceptors (Lipinski definition) is 2. The van der Waals surface area contributed by atoms with Crippen molar-refractivity contribution in [2.75, 3.05) is 0 Å². The second-order valence-electron chi connectivity index (χ2n) is 5.23. The van der Waals surface area contributed by atoms with Crippen LogP contribution in [-0.2, 0) is 33.9 Å². The third-order valence-electron chi connectivity index (χ3n) is 3.52. The van der Waals surface area contributed by atoms with Crippen molar-refractivity contribution in [3.8, 4) is 0 Å². The van der Waals surface area contributed by atoms with Gasteiger partial charge in [-0.25, -0.2) is 0 Å². The molecule has 1 aromatic carbocycles. The maximum Gasteiger partial charge on any atom is 0.136 e. The van der Waals surface area contributed by atoms with Crippen molar-refractivity contribution in [2.45, 2.75) is 70.1 Å². The van der Waals surface area contributed by atoms with Gasteiger partial charge in [-0.15, -0.1) is 0 Å². The number of benzene rings is 1. The minimum atomic E-state index is 0. The number of rotatable bonds is 9. The molecule has 21 heavy (non-hydrogen) atoms. The van der Waals surface area contributed by atoms with Crippen LogP contribution in [0.5, 0.6) is 0 Å². The Morgan fingerprint density at radius 3 is 2.24 bits per heavy atom. The van der Waals surface area contributed by atoms with Crippen LogP contribution in [0.2, 0.25) is 0 Å². The van der Waals surface area contributed by atoms with Crippen LogP contribution in [0.3, 0.4) is 0 Å². The summed E-state index contributed by atoms with van der Waals surface area (Å²) in [5.41, 5.74) is 8.69. The van der Waals surface area contributed by atoms with Gasteiger partial charge in [-0.3, -0.25) is 0 Å². The van der Waals surface area contributed by atoms with Crippen molar-refractivity contribution in [1.82, 2.24) is 0 Å². The quantitative estimate of drug-likeness (QED) is 0.255. The molecule has 0 atom stereocenters. The van der Waals surface area contributed by atoms with Gasteiger partial charge in [0.05, 0.1) is 0 Å². The van der Waals surface area contributed by atoms with Crippen molar-refractivity contribution in [2.24, 2.45) is 5.73 Å². The first-order valence-electron chi connectivity index (χ1n) is 7.77. The maximum absolute atomic E-state index is 5.71. The molecule has 0 bridgehead atoms. The molecule has 4 heteroatoms. The van der Waals surface area contributed by atoms with Crippen molar-refractivity contribution in [1.29, 1.82) is 0 Å². The molecule has 118 valence electrons. The van der Waals surface area contributed by atoms with E-state index in [9.17, 15) is 0 Å². The van der Waals surface area contributed by atoms with Gasteiger partial charge in [0, 0.05) is 26.0 Å². The summed E-state index contributed by atoms with van der Waals surface area (Å²) >= 11 is 6.61. The smallest absolute Gasteiger partial charge is 0.136 e. The Balaban J connectivity index is 0.00000400. The average molecular weight is 405 g/mol. The molecular formula is C17H27MoNS2. The molecule has 0 radical (unpaired) electrons. The van der Waals surface area contributed by atoms with Crippen molar-refractivity contribution >= 4 is 28.3 Å². The Bertz CT molecular complexity index is 421. The molecule has 0 amide bonds. The van der Waals surface area contributed by atoms with Crippen LogP contribution in [0.15, 0.2) is 23.1 Å². The van der Waals surface area contributed by atoms with Crippen LogP contribution in [-0.4, -0.2) is 4.32 Å². The topological polar surface area (TPSA) is 26.0 Å². The van der Waals surface area contributed by atoms with Crippen molar-refractivity contribution < 1.29 is 21.1 Å². The van der Waals surface area contributed by atoms with Gasteiger partial charge in [-0.2, -0.15) is 0 Å². The van der Waals surface area contributed by atoms with Gasteiger partial charge in [0.2, 0.25) is 0 Å². The van der Waals surface area contributed by atoms with Crippen LogP contribution < -0.4 is 5.73 Å². The van der Waals surface area contributed by atoms with E-state index < -0.39 is 0 Å². The summed E-state index contributed by atoms with van der Waals surface area (Å²) in [6.45, 7) is 4.50. The summed E-state index contributed by atoms with van der Waals surface area (Å²) in [6.07, 6.45) is 10.00. The molecule has 0 aliphatic rings. The van der Waals surface area contributed by atoms with Gasteiger partial charge in [-0.1, -0.05) is 75.6 Å². The Kier molecular flexibility index (Phi) is 12.8. The molecule has 1 nitrogen and oxygen atoms in total. The molecule has 2 N–H and O–H groups in total. The van der Waals surface area contributed by atoms with Gasteiger partial charge in [0.15, 0.2) is 0 Å². The molecule has 0 unspecified atom stereocenters. The average Bonchev–Trinajstić information content (AvgIpc) is 2.41. The van der Waals surface area contributed by atoms with Crippen LogP contribution in [0.25, 0.3) is 0 Å². The SMILES string of the molecule is CCCCCc1cccc(SC(N)=S)c1CCCCC.[Mo]. The molecule has 0 aromatic heterocycles. The molecule has 0 aliphatic heterocycles. The Hall–Kier alpha value is 0.148. The molecule has 0 fully saturated rings. The zero-order chi connectivity index (χ0) is 14.8. The Morgan fingerprint density at radius 1 is 1.05 bits per heavy atom. The molecule has 1 rings (SSSR count). The van der Waals surface area contributed by atoms with E-state index in [1.54, 1.807) is 11.8 Å². The summed E-state index contributed by atoms with van der Waals surface area (Å²) in [5, 5.41) is 0. The van der Waals surface area contributed by atoms with E-state index in [0.717, 1.165) is 6.42 Å². The van der Waals surface area contributed by atoms with E-state index >= 15 is 0 Å². The van der Waals surface area contributed by atoms with Crippen molar-refractivity contribution in [3.05, 3.63) is 29.3 Å². The number of unbranched alkanes of at least 4 members (excludes halogenated alkanes) is 4. The normalized spacial score (nSPS) is 10.2. The summed E-state index contributed by atoms with van der Waals surface area (Å²) in [7, 11) is 0. The number of thiocarbonyl (C=S) groups is 1. The minimum absolute atomic E-state index is 0. The van der Waals surface area contributed by atoms with Gasteiger partial charge in [0.25, 0.3) is 0 Å². The molecule has 0 saturated carbocycles. The van der Waals surface area contributed by atoms with E-state index in [-0.39, 0.29) is 21.1 Å². The van der Waals surface area contributed by atoms with Gasteiger partial charge in [0.1, 0.15) is 4.32 Å². The Morgan fingerprint density at radius 2 is 1.67 bits per heavy atom. The predicted octanol–water partition coefficient (Wildman–Crippen LogP) is 5.49. The van der Waals surface area contributed by atoms with E-state index in [4.69, 9.17) is 18.0 Å². The van der Waals surface area contributed by atoms with Gasteiger partial charge < -0.3 is 5.73 Å². The third-order valence-corrected chi connectivity index (χ3v) is 4.57. The van der Waals surface area contributed by atoms with E-state index in [1.807, 2.05) is 0 Å². The van der Waals surface area contributed by atoms with E-state index in [2.05, 4.69) is 32.0 Å². The second-order valence-corrected chi connectivity index (χ2v) is 7.01. The maximum atomic E-state index is 5.71. The standard InChI is InChI=1S/C17H27NS2.Mo/c1-3-5-7-10-14-11-9-13-16(20-17(18)19)15(14)12-8-6-4-2;/h9,11,13H,3-8,10,12H2,1-2H3,(H2,18,19);. The minimum Gasteiger partial charge on any atom is -0.384 e. The third kappa shape index (κ3) is 8.38. The van der Waals surface area contributed by atoms with Crippen LogP contribution in [0.1, 0.15) is 63.5 Å². The van der Waals surface area contributed by atoms with Gasteiger partial charge >= 0.3 is 0 Å². The number of thioether (sulfide) groups is 1. The summed E-state index contributed by atoms with van der Waals surface area (Å²) in [4.78, 5) is 1.27. The molecule has 0 spiro atoms. The first-order valence-corrected chi connectivity index (χ1v) is 8.99.